The molecule has 0 bridgehead atoms. The molecule has 0 aliphatic carbocycles. The lowest BCUT2D eigenvalue weighted by atomic mass is 9.95. The number of rotatable bonds is 4. The van der Waals surface area contributed by atoms with Crippen molar-refractivity contribution in [2.45, 2.75) is 25.0 Å². The van der Waals surface area contributed by atoms with Crippen molar-refractivity contribution in [3.63, 3.8) is 0 Å². The van der Waals surface area contributed by atoms with Gasteiger partial charge in [0.1, 0.15) is 6.10 Å². The lowest BCUT2D eigenvalue weighted by Crippen LogP contribution is -2.32. The molecule has 1 aromatic heterocycles. The van der Waals surface area contributed by atoms with E-state index < -0.39 is 0 Å². The summed E-state index contributed by atoms with van der Waals surface area (Å²) in [6, 6.07) is 22.4. The molecule has 0 spiro atoms. The lowest BCUT2D eigenvalue weighted by molar-refractivity contribution is 0.158. The van der Waals surface area contributed by atoms with Gasteiger partial charge in [-0.15, -0.1) is 10.2 Å². The molecule has 140 valence electrons. The summed E-state index contributed by atoms with van der Waals surface area (Å²) < 4.78 is 6.51. The first-order valence-electron chi connectivity index (χ1n) is 9.63. The van der Waals surface area contributed by atoms with E-state index in [2.05, 4.69) is 58.0 Å². The normalized spacial score (nSPS) is 17.8. The second-order valence-electron chi connectivity index (χ2n) is 7.18. The van der Waals surface area contributed by atoms with Crippen LogP contribution in [0.3, 0.4) is 0 Å². The third-order valence-electron chi connectivity index (χ3n) is 5.47. The highest BCUT2D eigenvalue weighted by Gasteiger charge is 2.30. The molecule has 0 radical (unpaired) electrons. The molecular formula is C23H21N3O2. The van der Waals surface area contributed by atoms with Gasteiger partial charge in [0.25, 0.3) is 0 Å². The van der Waals surface area contributed by atoms with Crippen molar-refractivity contribution in [1.29, 1.82) is 0 Å². The van der Waals surface area contributed by atoms with Crippen LogP contribution in [0.15, 0.2) is 66.7 Å². The summed E-state index contributed by atoms with van der Waals surface area (Å²) in [6.45, 7) is 0.983. The molecule has 0 amide bonds. The van der Waals surface area contributed by atoms with E-state index in [1.54, 1.807) is 0 Å². The van der Waals surface area contributed by atoms with E-state index in [-0.39, 0.29) is 18.0 Å². The number of aromatic nitrogens is 2. The predicted octanol–water partition coefficient (Wildman–Crippen LogP) is 4.36. The highest BCUT2D eigenvalue weighted by molar-refractivity contribution is 5.90. The highest BCUT2D eigenvalue weighted by atomic mass is 16.5. The summed E-state index contributed by atoms with van der Waals surface area (Å²) in [6.07, 6.45) is 1.96. The molecule has 4 aromatic rings. The molecule has 1 saturated heterocycles. The minimum Gasteiger partial charge on any atom is -0.492 e. The zero-order valence-electron chi connectivity index (χ0n) is 15.4. The van der Waals surface area contributed by atoms with Crippen molar-refractivity contribution >= 4 is 21.5 Å². The molecule has 1 aliphatic heterocycles. The van der Waals surface area contributed by atoms with Gasteiger partial charge < -0.3 is 15.2 Å². The Morgan fingerprint density at radius 1 is 0.893 bits per heavy atom. The van der Waals surface area contributed by atoms with E-state index in [1.165, 1.54) is 10.8 Å². The monoisotopic (exact) mass is 371 g/mol. The van der Waals surface area contributed by atoms with Crippen LogP contribution in [0.25, 0.3) is 21.5 Å². The van der Waals surface area contributed by atoms with Crippen LogP contribution in [0.2, 0.25) is 0 Å². The molecule has 3 aromatic carbocycles. The van der Waals surface area contributed by atoms with Gasteiger partial charge >= 0.3 is 0 Å². The zero-order chi connectivity index (χ0) is 18.9. The first-order chi connectivity index (χ1) is 13.8. The number of nitrogens with zero attached hydrogens (tertiary/aromatic N) is 2. The summed E-state index contributed by atoms with van der Waals surface area (Å²) in [5.41, 5.74) is 1.14. The Morgan fingerprint density at radius 3 is 2.46 bits per heavy atom. The van der Waals surface area contributed by atoms with Crippen LogP contribution in [-0.4, -0.2) is 27.9 Å². The third-order valence-corrected chi connectivity index (χ3v) is 5.47. The minimum absolute atomic E-state index is 0.0800. The van der Waals surface area contributed by atoms with Crippen molar-refractivity contribution in [2.24, 2.45) is 0 Å². The fourth-order valence-corrected chi connectivity index (χ4v) is 4.10. The molecule has 0 saturated carbocycles. The second kappa shape index (κ2) is 7.09. The first-order valence-corrected chi connectivity index (χ1v) is 9.63. The molecule has 2 heterocycles. The van der Waals surface area contributed by atoms with Gasteiger partial charge in [0.05, 0.1) is 10.8 Å². The van der Waals surface area contributed by atoms with Crippen molar-refractivity contribution < 1.29 is 9.84 Å². The summed E-state index contributed by atoms with van der Waals surface area (Å²) in [5, 5.41) is 25.5. The van der Waals surface area contributed by atoms with E-state index in [9.17, 15) is 5.11 Å². The van der Waals surface area contributed by atoms with E-state index in [4.69, 9.17) is 4.74 Å². The summed E-state index contributed by atoms with van der Waals surface area (Å²) in [4.78, 5) is 0. The van der Waals surface area contributed by atoms with Crippen LogP contribution in [0.5, 0.6) is 11.8 Å². The van der Waals surface area contributed by atoms with E-state index >= 15 is 0 Å². The van der Waals surface area contributed by atoms with Gasteiger partial charge in [-0.3, -0.25) is 0 Å². The van der Waals surface area contributed by atoms with Crippen molar-refractivity contribution in [2.75, 3.05) is 6.54 Å². The largest absolute Gasteiger partial charge is 0.492 e. The molecule has 1 aliphatic rings. The Morgan fingerprint density at radius 2 is 1.64 bits per heavy atom. The number of fused-ring (bicyclic) bond motifs is 2. The average molecular weight is 371 g/mol. The molecule has 2 N–H and O–H groups in total. The maximum atomic E-state index is 10.1. The van der Waals surface area contributed by atoms with Gasteiger partial charge in [-0.05, 0) is 42.3 Å². The number of aromatic hydroxyl groups is 1. The van der Waals surface area contributed by atoms with Gasteiger partial charge in [0.2, 0.25) is 11.8 Å². The van der Waals surface area contributed by atoms with Gasteiger partial charge in [-0.25, -0.2) is 0 Å². The fourth-order valence-electron chi connectivity index (χ4n) is 4.10. The van der Waals surface area contributed by atoms with Crippen LogP contribution in [0, 0.1) is 0 Å². The van der Waals surface area contributed by atoms with Crippen LogP contribution >= 0.6 is 0 Å². The van der Waals surface area contributed by atoms with Gasteiger partial charge in [-0.1, -0.05) is 54.6 Å². The SMILES string of the molecule is Oc1nnc(OC(c2cccc3ccccc23)C2CCCN2)c2ccccc12. The number of hydrogen-bond donors (Lipinski definition) is 2. The molecular weight excluding hydrogens is 350 g/mol. The Labute approximate surface area is 163 Å². The fraction of sp³-hybridized carbons (Fsp3) is 0.217. The van der Waals surface area contributed by atoms with Crippen LogP contribution in [0.1, 0.15) is 24.5 Å². The second-order valence-corrected chi connectivity index (χ2v) is 7.18. The Hall–Kier alpha value is -3.18. The van der Waals surface area contributed by atoms with Crippen LogP contribution in [-0.2, 0) is 0 Å². The molecule has 2 atom stereocenters. The van der Waals surface area contributed by atoms with Gasteiger partial charge in [0.15, 0.2) is 0 Å². The van der Waals surface area contributed by atoms with E-state index in [0.717, 1.165) is 30.3 Å². The quantitative estimate of drug-likeness (QED) is 0.558. The summed E-state index contributed by atoms with van der Waals surface area (Å²) >= 11 is 0. The molecule has 5 heteroatoms. The van der Waals surface area contributed by atoms with Gasteiger partial charge in [0, 0.05) is 11.6 Å². The van der Waals surface area contributed by atoms with Crippen LogP contribution in [0.4, 0.5) is 0 Å². The minimum atomic E-state index is -0.198. The topological polar surface area (TPSA) is 67.3 Å². The molecule has 1 fully saturated rings. The molecule has 5 nitrogen and oxygen atoms in total. The Balaban J connectivity index is 1.64. The highest BCUT2D eigenvalue weighted by Crippen LogP contribution is 2.36. The van der Waals surface area contributed by atoms with E-state index in [0.29, 0.717) is 11.3 Å². The maximum absolute atomic E-state index is 10.1. The van der Waals surface area contributed by atoms with E-state index in [1.807, 2.05) is 24.3 Å². The van der Waals surface area contributed by atoms with Crippen molar-refractivity contribution in [3.05, 3.63) is 72.3 Å². The number of benzene rings is 3. The van der Waals surface area contributed by atoms with Crippen molar-refractivity contribution in [3.8, 4) is 11.8 Å². The number of ether oxygens (including phenoxy) is 1. The standard InChI is InChI=1S/C23H21N3O2/c27-22-18-10-3-4-11-19(18)23(26-25-22)28-21(20-13-6-14-24-20)17-12-5-8-15-7-1-2-9-16(15)17/h1-5,7-12,20-21,24H,6,13-14H2,(H,25,27). The maximum Gasteiger partial charge on any atom is 0.242 e. The Bertz CT molecular complexity index is 1130. The summed E-state index contributed by atoms with van der Waals surface area (Å²) in [5.74, 6) is 0.365. The average Bonchev–Trinajstić information content (AvgIpc) is 3.28. The predicted molar refractivity (Wildman–Crippen MR) is 110 cm³/mol. The Kier molecular flexibility index (Phi) is 4.29. The smallest absolute Gasteiger partial charge is 0.242 e. The molecule has 28 heavy (non-hydrogen) atoms. The molecule has 5 rings (SSSR count). The molecule has 2 unspecified atom stereocenters. The number of hydrogen-bond acceptors (Lipinski definition) is 5. The van der Waals surface area contributed by atoms with Gasteiger partial charge in [-0.2, -0.15) is 0 Å². The number of nitrogens with one attached hydrogen (secondary N) is 1. The lowest BCUT2D eigenvalue weighted by Gasteiger charge is -2.26. The third kappa shape index (κ3) is 2.94. The first kappa shape index (κ1) is 17.0. The zero-order valence-corrected chi connectivity index (χ0v) is 15.4. The van der Waals surface area contributed by atoms with Crippen molar-refractivity contribution in [1.82, 2.24) is 15.5 Å². The van der Waals surface area contributed by atoms with Crippen LogP contribution < -0.4 is 10.1 Å². The summed E-state index contributed by atoms with van der Waals surface area (Å²) in [7, 11) is 0.